The van der Waals surface area contributed by atoms with Crippen LogP contribution in [0.3, 0.4) is 0 Å². The first-order valence-corrected chi connectivity index (χ1v) is 9.63. The van der Waals surface area contributed by atoms with Crippen molar-refractivity contribution in [3.8, 4) is 11.5 Å². The Balaban J connectivity index is 1.32. The second-order valence-corrected chi connectivity index (χ2v) is 7.28. The Kier molecular flexibility index (Phi) is 6.74. The van der Waals surface area contributed by atoms with Crippen LogP contribution in [0.1, 0.15) is 32.1 Å². The van der Waals surface area contributed by atoms with Crippen molar-refractivity contribution in [2.24, 2.45) is 5.92 Å². The fourth-order valence-electron chi connectivity index (χ4n) is 3.46. The van der Waals surface area contributed by atoms with E-state index in [1.54, 1.807) is 13.2 Å². The maximum atomic E-state index is 12.3. The molecule has 6 nitrogen and oxygen atoms in total. The molecule has 144 valence electrons. The van der Waals surface area contributed by atoms with Gasteiger partial charge in [-0.3, -0.25) is 4.79 Å². The molecule has 1 aliphatic heterocycles. The predicted molar refractivity (Wildman–Crippen MR) is 99.4 cm³/mol. The normalized spacial score (nSPS) is 19.7. The third kappa shape index (κ3) is 5.11. The Morgan fingerprint density at radius 2 is 2.00 bits per heavy atom. The summed E-state index contributed by atoms with van der Waals surface area (Å²) in [6.07, 6.45) is 4.65. The minimum absolute atomic E-state index is 0.235. The number of rotatable bonds is 8. The molecule has 2 N–H and O–H groups in total. The van der Waals surface area contributed by atoms with Gasteiger partial charge in [0.1, 0.15) is 24.2 Å². The average molecular weight is 362 g/mol. The molecule has 2 fully saturated rings. The summed E-state index contributed by atoms with van der Waals surface area (Å²) in [6.45, 7) is 2.37. The zero-order valence-electron chi connectivity index (χ0n) is 15.5. The van der Waals surface area contributed by atoms with Crippen LogP contribution in [-0.2, 0) is 4.79 Å². The number of hydrogen-bond donors (Lipinski definition) is 2. The van der Waals surface area contributed by atoms with Crippen molar-refractivity contribution in [1.29, 1.82) is 0 Å². The van der Waals surface area contributed by atoms with E-state index < -0.39 is 6.10 Å². The molecular formula is C20H30N2O4. The van der Waals surface area contributed by atoms with E-state index in [4.69, 9.17) is 9.47 Å². The number of aliphatic hydroxyl groups excluding tert-OH is 1. The lowest BCUT2D eigenvalue weighted by molar-refractivity contribution is -0.139. The number of nitrogens with zero attached hydrogens (tertiary/aromatic N) is 1. The summed E-state index contributed by atoms with van der Waals surface area (Å²) in [4.78, 5) is 14.3. The van der Waals surface area contributed by atoms with Crippen LogP contribution in [-0.4, -0.2) is 61.4 Å². The minimum Gasteiger partial charge on any atom is -0.497 e. The second kappa shape index (κ2) is 9.24. The molecule has 1 aromatic rings. The summed E-state index contributed by atoms with van der Waals surface area (Å²) in [5.41, 5.74) is 0. The van der Waals surface area contributed by atoms with Gasteiger partial charge in [-0.25, -0.2) is 0 Å². The molecule has 1 saturated heterocycles. The molecule has 0 spiro atoms. The van der Waals surface area contributed by atoms with Gasteiger partial charge < -0.3 is 24.8 Å². The number of carbonyl (C=O) groups is 1. The third-order valence-corrected chi connectivity index (χ3v) is 5.39. The molecule has 1 unspecified atom stereocenters. The van der Waals surface area contributed by atoms with Crippen LogP contribution in [0, 0.1) is 5.92 Å². The van der Waals surface area contributed by atoms with Gasteiger partial charge in [-0.2, -0.15) is 0 Å². The number of aliphatic hydroxyl groups is 1. The van der Waals surface area contributed by atoms with Gasteiger partial charge in [0.2, 0.25) is 5.91 Å². The van der Waals surface area contributed by atoms with Crippen molar-refractivity contribution in [2.45, 2.75) is 44.2 Å². The van der Waals surface area contributed by atoms with Crippen molar-refractivity contribution in [1.82, 2.24) is 10.2 Å². The number of hydrogen-bond acceptors (Lipinski definition) is 5. The number of piperidine rings is 1. The van der Waals surface area contributed by atoms with E-state index in [0.29, 0.717) is 24.2 Å². The highest BCUT2D eigenvalue weighted by Gasteiger charge is 2.31. The van der Waals surface area contributed by atoms with Gasteiger partial charge >= 0.3 is 0 Å². The molecule has 1 heterocycles. The highest BCUT2D eigenvalue weighted by molar-refractivity contribution is 5.79. The SMILES string of the molecule is COc1cccc(OCC(O)CNC2CCN(C(=O)C3CCC3)CC2)c1. The summed E-state index contributed by atoms with van der Waals surface area (Å²) in [5, 5.41) is 13.5. The molecule has 1 aromatic carbocycles. The number of methoxy groups -OCH3 is 1. The summed E-state index contributed by atoms with van der Waals surface area (Å²) < 4.78 is 10.8. The van der Waals surface area contributed by atoms with E-state index in [0.717, 1.165) is 44.5 Å². The maximum Gasteiger partial charge on any atom is 0.225 e. The Morgan fingerprint density at radius 1 is 1.27 bits per heavy atom. The lowest BCUT2D eigenvalue weighted by atomic mass is 9.84. The van der Waals surface area contributed by atoms with Crippen molar-refractivity contribution < 1.29 is 19.4 Å². The lowest BCUT2D eigenvalue weighted by Gasteiger charge is -2.37. The number of amides is 1. The van der Waals surface area contributed by atoms with Gasteiger partial charge in [0.25, 0.3) is 0 Å². The first kappa shape index (κ1) is 19.0. The largest absolute Gasteiger partial charge is 0.497 e. The number of carbonyl (C=O) groups excluding carboxylic acids is 1. The van der Waals surface area contributed by atoms with E-state index in [1.807, 2.05) is 23.1 Å². The zero-order valence-corrected chi connectivity index (χ0v) is 15.5. The Bertz CT molecular complexity index is 583. The monoisotopic (exact) mass is 362 g/mol. The third-order valence-electron chi connectivity index (χ3n) is 5.39. The molecule has 0 radical (unpaired) electrons. The molecule has 6 heteroatoms. The van der Waals surface area contributed by atoms with Crippen molar-refractivity contribution in [3.05, 3.63) is 24.3 Å². The van der Waals surface area contributed by atoms with Gasteiger partial charge in [-0.1, -0.05) is 12.5 Å². The number of nitrogens with one attached hydrogen (secondary N) is 1. The van der Waals surface area contributed by atoms with E-state index in [1.165, 1.54) is 6.42 Å². The van der Waals surface area contributed by atoms with Gasteiger partial charge in [-0.05, 0) is 37.8 Å². The maximum absolute atomic E-state index is 12.3. The Labute approximate surface area is 155 Å². The summed E-state index contributed by atoms with van der Waals surface area (Å²) in [5.74, 6) is 2.06. The lowest BCUT2D eigenvalue weighted by Crippen LogP contribution is -2.49. The smallest absolute Gasteiger partial charge is 0.225 e. The van der Waals surface area contributed by atoms with Crippen LogP contribution in [0.4, 0.5) is 0 Å². The van der Waals surface area contributed by atoms with Gasteiger partial charge in [0, 0.05) is 37.7 Å². The number of likely N-dealkylation sites (tertiary alicyclic amines) is 1. The second-order valence-electron chi connectivity index (χ2n) is 7.28. The quantitative estimate of drug-likeness (QED) is 0.738. The summed E-state index contributed by atoms with van der Waals surface area (Å²) in [6, 6.07) is 7.71. The minimum atomic E-state index is -0.573. The van der Waals surface area contributed by atoms with E-state index >= 15 is 0 Å². The van der Waals surface area contributed by atoms with Crippen LogP contribution in [0.15, 0.2) is 24.3 Å². The van der Waals surface area contributed by atoms with Gasteiger partial charge in [0.05, 0.1) is 7.11 Å². The highest BCUT2D eigenvalue weighted by atomic mass is 16.5. The topological polar surface area (TPSA) is 71.0 Å². The number of ether oxygens (including phenoxy) is 2. The zero-order chi connectivity index (χ0) is 18.4. The van der Waals surface area contributed by atoms with E-state index in [-0.39, 0.29) is 12.5 Å². The van der Waals surface area contributed by atoms with Gasteiger partial charge in [-0.15, -0.1) is 0 Å². The van der Waals surface area contributed by atoms with Crippen molar-refractivity contribution >= 4 is 5.91 Å². The van der Waals surface area contributed by atoms with Crippen LogP contribution < -0.4 is 14.8 Å². The summed E-state index contributed by atoms with van der Waals surface area (Å²) >= 11 is 0. The summed E-state index contributed by atoms with van der Waals surface area (Å²) in [7, 11) is 1.61. The molecule has 1 atom stereocenters. The number of benzene rings is 1. The highest BCUT2D eigenvalue weighted by Crippen LogP contribution is 2.29. The first-order chi connectivity index (χ1) is 12.7. The molecule has 2 aliphatic rings. The first-order valence-electron chi connectivity index (χ1n) is 9.63. The van der Waals surface area contributed by atoms with Crippen molar-refractivity contribution in [2.75, 3.05) is 33.4 Å². The van der Waals surface area contributed by atoms with Gasteiger partial charge in [0.15, 0.2) is 0 Å². The van der Waals surface area contributed by atoms with Crippen LogP contribution >= 0.6 is 0 Å². The van der Waals surface area contributed by atoms with Crippen LogP contribution in [0.25, 0.3) is 0 Å². The van der Waals surface area contributed by atoms with Crippen LogP contribution in [0.2, 0.25) is 0 Å². The molecule has 1 amide bonds. The molecule has 0 bridgehead atoms. The van der Waals surface area contributed by atoms with Crippen molar-refractivity contribution in [3.63, 3.8) is 0 Å². The average Bonchev–Trinajstić information content (AvgIpc) is 2.64. The predicted octanol–water partition coefficient (Wildman–Crippen LogP) is 1.82. The van der Waals surface area contributed by atoms with E-state index in [9.17, 15) is 9.90 Å². The molecule has 0 aromatic heterocycles. The Morgan fingerprint density at radius 3 is 2.65 bits per heavy atom. The molecule has 3 rings (SSSR count). The Hall–Kier alpha value is -1.79. The fourth-order valence-corrected chi connectivity index (χ4v) is 3.46. The fraction of sp³-hybridized carbons (Fsp3) is 0.650. The standard InChI is InChI=1S/C20H30N2O4/c1-25-18-6-3-7-19(12-18)26-14-17(23)13-21-16-8-10-22(11-9-16)20(24)15-4-2-5-15/h3,6-7,12,15-17,21,23H,2,4-5,8-11,13-14H2,1H3. The molecular weight excluding hydrogens is 332 g/mol. The molecule has 1 aliphatic carbocycles. The van der Waals surface area contributed by atoms with Crippen LogP contribution in [0.5, 0.6) is 11.5 Å². The molecule has 1 saturated carbocycles. The van der Waals surface area contributed by atoms with E-state index in [2.05, 4.69) is 5.32 Å². The molecule has 26 heavy (non-hydrogen) atoms.